The smallest absolute Gasteiger partial charge is 0.306 e. The van der Waals surface area contributed by atoms with E-state index in [0.29, 0.717) is 19.3 Å². The highest BCUT2D eigenvalue weighted by Crippen LogP contribution is 2.15. The molecule has 6 heteroatoms. The zero-order chi connectivity index (χ0) is 52.9. The van der Waals surface area contributed by atoms with Gasteiger partial charge in [-0.15, -0.1) is 0 Å². The molecule has 0 bridgehead atoms. The topological polar surface area (TPSA) is 78.9 Å². The minimum atomic E-state index is -0.830. The molecule has 0 saturated carbocycles. The Morgan fingerprint density at radius 3 is 0.890 bits per heavy atom. The van der Waals surface area contributed by atoms with E-state index in [-0.39, 0.29) is 44.0 Å². The van der Waals surface area contributed by atoms with Crippen LogP contribution in [-0.2, 0) is 28.6 Å². The summed E-state index contributed by atoms with van der Waals surface area (Å²) < 4.78 is 16.8. The van der Waals surface area contributed by atoms with E-state index in [2.05, 4.69) is 154 Å². The average molecular weight is 1010 g/mol. The second-order valence-corrected chi connectivity index (χ2v) is 19.1. The summed E-state index contributed by atoms with van der Waals surface area (Å²) in [7, 11) is 0. The Morgan fingerprint density at radius 1 is 0.288 bits per heavy atom. The van der Waals surface area contributed by atoms with Crippen molar-refractivity contribution < 1.29 is 28.6 Å². The van der Waals surface area contributed by atoms with Gasteiger partial charge in [-0.3, -0.25) is 14.4 Å². The van der Waals surface area contributed by atoms with Gasteiger partial charge >= 0.3 is 17.9 Å². The van der Waals surface area contributed by atoms with Gasteiger partial charge in [0.2, 0.25) is 0 Å². The molecule has 0 spiro atoms. The first-order valence-electron chi connectivity index (χ1n) is 29.7. The Labute approximate surface area is 449 Å². The maximum Gasteiger partial charge on any atom is 0.306 e. The Hall–Kier alpha value is -4.45. The lowest BCUT2D eigenvalue weighted by atomic mass is 10.0. The Morgan fingerprint density at radius 2 is 0.548 bits per heavy atom. The van der Waals surface area contributed by atoms with E-state index in [0.717, 1.165) is 96.3 Å². The maximum absolute atomic E-state index is 12.9. The molecule has 0 aliphatic carbocycles. The van der Waals surface area contributed by atoms with Crippen LogP contribution in [0.5, 0.6) is 0 Å². The van der Waals surface area contributed by atoms with Gasteiger partial charge in [0.25, 0.3) is 0 Å². The van der Waals surface area contributed by atoms with Crippen LogP contribution in [0.2, 0.25) is 0 Å². The predicted molar refractivity (Wildman–Crippen MR) is 316 cm³/mol. The van der Waals surface area contributed by atoms with Gasteiger partial charge < -0.3 is 14.2 Å². The Balaban J connectivity index is 4.54. The normalized spacial score (nSPS) is 12.7. The molecule has 0 N–H and O–H groups in total. The lowest BCUT2D eigenvalue weighted by Gasteiger charge is -2.18. The number of unbranched alkanes of at least 4 members (excludes halogenated alkanes) is 19. The molecule has 6 nitrogen and oxygen atoms in total. The quantitative estimate of drug-likeness (QED) is 0.0261. The lowest BCUT2D eigenvalue weighted by Crippen LogP contribution is -2.30. The zero-order valence-corrected chi connectivity index (χ0v) is 47.1. The van der Waals surface area contributed by atoms with Crippen molar-refractivity contribution in [2.45, 2.75) is 258 Å². The lowest BCUT2D eigenvalue weighted by molar-refractivity contribution is -0.167. The molecule has 0 aromatic heterocycles. The van der Waals surface area contributed by atoms with Crippen LogP contribution < -0.4 is 0 Å². The molecule has 0 rings (SSSR count). The minimum absolute atomic E-state index is 0.129. The van der Waals surface area contributed by atoms with Crippen LogP contribution in [0.25, 0.3) is 0 Å². The first kappa shape index (κ1) is 68.6. The van der Waals surface area contributed by atoms with Crippen molar-refractivity contribution in [2.24, 2.45) is 0 Å². The summed E-state index contributed by atoms with van der Waals surface area (Å²) in [4.78, 5) is 38.2. The van der Waals surface area contributed by atoms with Crippen molar-refractivity contribution in [3.8, 4) is 0 Å². The third-order valence-electron chi connectivity index (χ3n) is 12.1. The molecule has 73 heavy (non-hydrogen) atoms. The van der Waals surface area contributed by atoms with Gasteiger partial charge in [-0.25, -0.2) is 0 Å². The number of esters is 3. The largest absolute Gasteiger partial charge is 0.462 e. The molecule has 0 atom stereocenters. The Bertz CT molecular complexity index is 1500. The molecule has 412 valence electrons. The fourth-order valence-corrected chi connectivity index (χ4v) is 7.74. The highest BCUT2D eigenvalue weighted by Gasteiger charge is 2.19. The molecule has 0 amide bonds. The van der Waals surface area contributed by atoms with Crippen LogP contribution in [0.4, 0.5) is 0 Å². The fourth-order valence-electron chi connectivity index (χ4n) is 7.74. The summed E-state index contributed by atoms with van der Waals surface area (Å²) in [5, 5.41) is 0. The molecule has 0 aliphatic heterocycles. The van der Waals surface area contributed by atoms with Gasteiger partial charge in [0.15, 0.2) is 6.10 Å². The SMILES string of the molecule is CC/C=C\C/C=C\C/C=C\C/C=C\C/C=C\CCCC(=O)OCC(COC(=O)CCC/C=C\C/C=C\C/C=C\C/C=C\C/C=C\CC)OC(=O)CCCCCCCCCCCCC/C=C\CCCCCCCC. The monoisotopic (exact) mass is 1010 g/mol. The van der Waals surface area contributed by atoms with E-state index < -0.39 is 6.10 Å². The number of ether oxygens (including phenoxy) is 3. The summed E-state index contributed by atoms with van der Waals surface area (Å²) in [6.45, 7) is 6.31. The second kappa shape index (κ2) is 60.1. The number of carbonyl (C=O) groups is 3. The molecule has 0 fully saturated rings. The van der Waals surface area contributed by atoms with Crippen LogP contribution >= 0.6 is 0 Å². The number of hydrogen-bond acceptors (Lipinski definition) is 6. The number of rotatable bonds is 52. The van der Waals surface area contributed by atoms with Gasteiger partial charge in [0.05, 0.1) is 0 Å². The first-order valence-corrected chi connectivity index (χ1v) is 29.7. The van der Waals surface area contributed by atoms with Gasteiger partial charge in [-0.2, -0.15) is 0 Å². The van der Waals surface area contributed by atoms with E-state index in [1.54, 1.807) is 0 Å². The fraction of sp³-hybridized carbons (Fsp3) is 0.627. The molecule has 0 aromatic rings. The molecule has 0 heterocycles. The summed E-state index contributed by atoms with van der Waals surface area (Å²) in [6.07, 6.45) is 84.6. The number of carbonyl (C=O) groups excluding carboxylic acids is 3. The molecular weight excluding hydrogens is 901 g/mol. The van der Waals surface area contributed by atoms with E-state index in [4.69, 9.17) is 14.2 Å². The van der Waals surface area contributed by atoms with Crippen LogP contribution in [0, 0.1) is 0 Å². The van der Waals surface area contributed by atoms with Crippen molar-refractivity contribution >= 4 is 17.9 Å². The van der Waals surface area contributed by atoms with Crippen molar-refractivity contribution in [3.05, 3.63) is 134 Å². The van der Waals surface area contributed by atoms with E-state index in [9.17, 15) is 14.4 Å². The van der Waals surface area contributed by atoms with Crippen molar-refractivity contribution in [2.75, 3.05) is 13.2 Å². The molecule has 0 radical (unpaired) electrons. The highest BCUT2D eigenvalue weighted by atomic mass is 16.6. The number of hydrogen-bond donors (Lipinski definition) is 0. The van der Waals surface area contributed by atoms with E-state index >= 15 is 0 Å². The van der Waals surface area contributed by atoms with Crippen molar-refractivity contribution in [1.82, 2.24) is 0 Å². The van der Waals surface area contributed by atoms with E-state index in [1.165, 1.54) is 103 Å². The van der Waals surface area contributed by atoms with Crippen molar-refractivity contribution in [1.29, 1.82) is 0 Å². The molecular formula is C67H108O6. The maximum atomic E-state index is 12.9. The standard InChI is InChI=1S/C67H108O6/c1-4-7-10-13-16-19-22-25-28-31-32-33-34-37-40-43-46-49-52-55-58-61-67(70)73-64(62-71-65(68)59-56-53-50-47-44-41-38-35-29-26-23-20-17-14-11-8-5-2)63-72-66(69)60-57-54-51-48-45-42-39-36-30-27-24-21-18-15-12-9-6-3/h8-9,11-12,17-18,20-21,25-30,38-39,41-42,47-48,50-51,64H,4-7,10,13-16,19,22-24,31-37,40,43-46,49,52-63H2,1-3H3/b11-8-,12-9-,20-17-,21-18-,28-25-,29-26-,30-27-,41-38-,42-39-,50-47-,51-48-. The van der Waals surface area contributed by atoms with Crippen molar-refractivity contribution in [3.63, 3.8) is 0 Å². The average Bonchev–Trinajstić information content (AvgIpc) is 3.39. The number of allylic oxidation sites excluding steroid dienone is 22. The van der Waals surface area contributed by atoms with Crippen LogP contribution in [-0.4, -0.2) is 37.2 Å². The summed E-state index contributed by atoms with van der Waals surface area (Å²) in [6, 6.07) is 0. The van der Waals surface area contributed by atoms with E-state index in [1.807, 2.05) is 0 Å². The Kier molecular flexibility index (Phi) is 56.4. The summed E-state index contributed by atoms with van der Waals surface area (Å²) in [5.74, 6) is -1.04. The summed E-state index contributed by atoms with van der Waals surface area (Å²) in [5.41, 5.74) is 0. The molecule has 0 saturated heterocycles. The van der Waals surface area contributed by atoms with Crippen LogP contribution in [0.3, 0.4) is 0 Å². The highest BCUT2D eigenvalue weighted by molar-refractivity contribution is 5.71. The minimum Gasteiger partial charge on any atom is -0.462 e. The molecule has 0 aromatic carbocycles. The summed E-state index contributed by atoms with van der Waals surface area (Å²) >= 11 is 0. The van der Waals surface area contributed by atoms with Crippen LogP contribution in [0.1, 0.15) is 252 Å². The predicted octanol–water partition coefficient (Wildman–Crippen LogP) is 20.2. The molecule has 0 unspecified atom stereocenters. The van der Waals surface area contributed by atoms with Crippen LogP contribution in [0.15, 0.2) is 134 Å². The van der Waals surface area contributed by atoms with Gasteiger partial charge in [0.1, 0.15) is 13.2 Å². The zero-order valence-electron chi connectivity index (χ0n) is 47.1. The second-order valence-electron chi connectivity index (χ2n) is 19.1. The molecule has 0 aliphatic rings. The van der Waals surface area contributed by atoms with Gasteiger partial charge in [0, 0.05) is 19.3 Å². The van der Waals surface area contributed by atoms with Gasteiger partial charge in [-0.05, 0) is 122 Å². The van der Waals surface area contributed by atoms with Gasteiger partial charge in [-0.1, -0.05) is 244 Å². The third kappa shape index (κ3) is 58.3. The third-order valence-corrected chi connectivity index (χ3v) is 12.1. The first-order chi connectivity index (χ1) is 36.0.